The number of nitrogens with one attached hydrogen (secondary N) is 1. The van der Waals surface area contributed by atoms with E-state index in [1.165, 1.54) is 0 Å². The maximum Gasteiger partial charge on any atom is 0.251 e. The molecule has 6 nitrogen and oxygen atoms in total. The van der Waals surface area contributed by atoms with Crippen molar-refractivity contribution in [2.75, 3.05) is 14.1 Å². The van der Waals surface area contributed by atoms with Crippen molar-refractivity contribution in [1.29, 1.82) is 0 Å². The third kappa shape index (κ3) is 4.30. The molecule has 3 aromatic rings. The molecule has 0 bridgehead atoms. The van der Waals surface area contributed by atoms with E-state index in [0.717, 1.165) is 17.7 Å². The summed E-state index contributed by atoms with van der Waals surface area (Å²) in [5.41, 5.74) is 2.70. The number of nitrogens with zero attached hydrogens (tertiary/aromatic N) is 3. The lowest BCUT2D eigenvalue weighted by molar-refractivity contribution is 0.0963. The van der Waals surface area contributed by atoms with Crippen LogP contribution >= 0.6 is 0 Å². The number of carbonyl (C=O) groups is 1. The lowest BCUT2D eigenvalue weighted by Gasteiger charge is -2.14. The fraction of sp³-hybridized carbons (Fsp3) is 0.211. The Balaban J connectivity index is 1.60. The Morgan fingerprint density at radius 1 is 1.08 bits per heavy atom. The molecule has 1 N–H and O–H groups in total. The van der Waals surface area contributed by atoms with Gasteiger partial charge in [-0.2, -0.15) is 4.98 Å². The van der Waals surface area contributed by atoms with Gasteiger partial charge >= 0.3 is 0 Å². The predicted molar refractivity (Wildman–Crippen MR) is 94.7 cm³/mol. The predicted octanol–water partition coefficient (Wildman–Crippen LogP) is 2.73. The minimum absolute atomic E-state index is 0.0841. The van der Waals surface area contributed by atoms with Crippen LogP contribution in [0.5, 0.6) is 0 Å². The molecule has 1 heterocycles. The highest BCUT2D eigenvalue weighted by molar-refractivity contribution is 5.93. The summed E-state index contributed by atoms with van der Waals surface area (Å²) in [5, 5.41) is 6.64. The van der Waals surface area contributed by atoms with Crippen LogP contribution in [0.1, 0.15) is 21.8 Å². The number of aromatic nitrogens is 2. The van der Waals surface area contributed by atoms with E-state index in [4.69, 9.17) is 4.52 Å². The van der Waals surface area contributed by atoms with Gasteiger partial charge in [-0.25, -0.2) is 0 Å². The van der Waals surface area contributed by atoms with Gasteiger partial charge < -0.3 is 9.84 Å². The quantitative estimate of drug-likeness (QED) is 0.749. The highest BCUT2D eigenvalue weighted by Crippen LogP contribution is 2.16. The molecule has 6 heteroatoms. The first kappa shape index (κ1) is 16.9. The van der Waals surface area contributed by atoms with Crippen LogP contribution in [0.15, 0.2) is 59.1 Å². The van der Waals surface area contributed by atoms with Crippen molar-refractivity contribution >= 4 is 5.91 Å². The standard InChI is InChI=1S/C19H20N4O2/c1-20-19(24)16-10-8-14(9-11-16)12-23(2)13-17-21-18(22-25-17)15-6-4-3-5-7-15/h3-11H,12-13H2,1-2H3,(H,20,24). The molecule has 0 saturated heterocycles. The van der Waals surface area contributed by atoms with Gasteiger partial charge in [0, 0.05) is 24.7 Å². The van der Waals surface area contributed by atoms with Gasteiger partial charge in [-0.3, -0.25) is 9.69 Å². The molecular weight excluding hydrogens is 316 g/mol. The Labute approximate surface area is 146 Å². The lowest BCUT2D eigenvalue weighted by Crippen LogP contribution is -2.19. The van der Waals surface area contributed by atoms with Crippen LogP contribution in [0.4, 0.5) is 0 Å². The lowest BCUT2D eigenvalue weighted by atomic mass is 10.1. The summed E-state index contributed by atoms with van der Waals surface area (Å²) < 4.78 is 5.34. The van der Waals surface area contributed by atoms with Crippen LogP contribution in [0, 0.1) is 0 Å². The Kier molecular flexibility index (Phi) is 5.20. The van der Waals surface area contributed by atoms with E-state index < -0.39 is 0 Å². The number of rotatable bonds is 6. The Morgan fingerprint density at radius 3 is 2.48 bits per heavy atom. The van der Waals surface area contributed by atoms with Gasteiger partial charge in [0.1, 0.15) is 0 Å². The second-order valence-corrected chi connectivity index (χ2v) is 5.83. The van der Waals surface area contributed by atoms with Gasteiger partial charge in [-0.1, -0.05) is 47.6 Å². The first-order valence-electron chi connectivity index (χ1n) is 8.03. The molecule has 0 atom stereocenters. The molecule has 1 aromatic heterocycles. The van der Waals surface area contributed by atoms with Crippen molar-refractivity contribution in [2.45, 2.75) is 13.1 Å². The minimum Gasteiger partial charge on any atom is -0.355 e. The molecule has 25 heavy (non-hydrogen) atoms. The molecular formula is C19H20N4O2. The van der Waals surface area contributed by atoms with E-state index in [1.54, 1.807) is 7.05 Å². The maximum absolute atomic E-state index is 11.6. The Bertz CT molecular complexity index is 828. The van der Waals surface area contributed by atoms with Gasteiger partial charge in [0.15, 0.2) is 0 Å². The van der Waals surface area contributed by atoms with Crippen LogP contribution in [0.3, 0.4) is 0 Å². The molecule has 0 aliphatic heterocycles. The molecule has 2 aromatic carbocycles. The van der Waals surface area contributed by atoms with Gasteiger partial charge in [0.2, 0.25) is 11.7 Å². The van der Waals surface area contributed by atoms with Crippen molar-refractivity contribution in [3.63, 3.8) is 0 Å². The van der Waals surface area contributed by atoms with E-state index in [9.17, 15) is 4.79 Å². The average Bonchev–Trinajstić information content (AvgIpc) is 3.10. The fourth-order valence-corrected chi connectivity index (χ4v) is 2.53. The summed E-state index contributed by atoms with van der Waals surface area (Å²) >= 11 is 0. The third-order valence-electron chi connectivity index (χ3n) is 3.80. The second kappa shape index (κ2) is 7.72. The molecule has 0 saturated carbocycles. The zero-order valence-corrected chi connectivity index (χ0v) is 14.3. The second-order valence-electron chi connectivity index (χ2n) is 5.83. The monoisotopic (exact) mass is 336 g/mol. The molecule has 0 radical (unpaired) electrons. The van der Waals surface area contributed by atoms with Crippen LogP contribution in [-0.4, -0.2) is 35.0 Å². The third-order valence-corrected chi connectivity index (χ3v) is 3.80. The smallest absolute Gasteiger partial charge is 0.251 e. The van der Waals surface area contributed by atoms with Crippen molar-refractivity contribution in [3.05, 3.63) is 71.6 Å². The van der Waals surface area contributed by atoms with E-state index in [-0.39, 0.29) is 5.91 Å². The summed E-state index contributed by atoms with van der Waals surface area (Å²) in [6.07, 6.45) is 0. The number of benzene rings is 2. The number of hydrogen-bond acceptors (Lipinski definition) is 5. The number of hydrogen-bond donors (Lipinski definition) is 1. The van der Waals surface area contributed by atoms with Crippen LogP contribution in [0.2, 0.25) is 0 Å². The van der Waals surface area contributed by atoms with Crippen LogP contribution in [-0.2, 0) is 13.1 Å². The van der Waals surface area contributed by atoms with Gasteiger partial charge in [-0.05, 0) is 24.7 Å². The molecule has 128 valence electrons. The van der Waals surface area contributed by atoms with Crippen LogP contribution in [0.25, 0.3) is 11.4 Å². The van der Waals surface area contributed by atoms with E-state index in [0.29, 0.717) is 23.8 Å². The maximum atomic E-state index is 11.6. The zero-order chi connectivity index (χ0) is 17.6. The van der Waals surface area contributed by atoms with E-state index in [2.05, 4.69) is 20.4 Å². The summed E-state index contributed by atoms with van der Waals surface area (Å²) in [6.45, 7) is 1.27. The average molecular weight is 336 g/mol. The number of amides is 1. The van der Waals surface area contributed by atoms with Crippen molar-refractivity contribution < 1.29 is 9.32 Å². The van der Waals surface area contributed by atoms with Crippen molar-refractivity contribution in [1.82, 2.24) is 20.4 Å². The largest absolute Gasteiger partial charge is 0.355 e. The summed E-state index contributed by atoms with van der Waals surface area (Å²) in [7, 11) is 3.61. The minimum atomic E-state index is -0.0841. The molecule has 1 amide bonds. The summed E-state index contributed by atoms with van der Waals surface area (Å²) in [6, 6.07) is 17.3. The number of carbonyl (C=O) groups excluding carboxylic acids is 1. The van der Waals surface area contributed by atoms with Gasteiger partial charge in [0.05, 0.1) is 6.54 Å². The first-order valence-corrected chi connectivity index (χ1v) is 8.03. The molecule has 3 rings (SSSR count). The Hall–Kier alpha value is -2.99. The van der Waals surface area contributed by atoms with E-state index >= 15 is 0 Å². The van der Waals surface area contributed by atoms with E-state index in [1.807, 2.05) is 61.6 Å². The van der Waals surface area contributed by atoms with Gasteiger partial charge in [-0.15, -0.1) is 0 Å². The Morgan fingerprint density at radius 2 is 1.80 bits per heavy atom. The highest BCUT2D eigenvalue weighted by Gasteiger charge is 2.11. The SMILES string of the molecule is CNC(=O)c1ccc(CN(C)Cc2nc(-c3ccccc3)no2)cc1. The summed E-state index contributed by atoms with van der Waals surface area (Å²) in [4.78, 5) is 18.1. The zero-order valence-electron chi connectivity index (χ0n) is 14.3. The highest BCUT2D eigenvalue weighted by atomic mass is 16.5. The van der Waals surface area contributed by atoms with Crippen molar-refractivity contribution in [2.24, 2.45) is 0 Å². The molecule has 0 aliphatic rings. The fourth-order valence-electron chi connectivity index (χ4n) is 2.53. The first-order chi connectivity index (χ1) is 12.2. The topological polar surface area (TPSA) is 71.3 Å². The molecule has 0 aliphatic carbocycles. The molecule has 0 fully saturated rings. The molecule has 0 spiro atoms. The van der Waals surface area contributed by atoms with Crippen molar-refractivity contribution in [3.8, 4) is 11.4 Å². The van der Waals surface area contributed by atoms with Crippen LogP contribution < -0.4 is 5.32 Å². The summed E-state index contributed by atoms with van der Waals surface area (Å²) in [5.74, 6) is 1.08. The normalized spacial score (nSPS) is 10.8. The molecule has 0 unspecified atom stereocenters. The van der Waals surface area contributed by atoms with Gasteiger partial charge in [0.25, 0.3) is 5.91 Å².